The summed E-state index contributed by atoms with van der Waals surface area (Å²) in [6.45, 7) is -0.0191. The minimum atomic E-state index is -0.611. The largest absolute Gasteiger partial charge is 0.392 e. The van der Waals surface area contributed by atoms with Crippen LogP contribution in [0.3, 0.4) is 0 Å². The Morgan fingerprint density at radius 3 is 2.35 bits per heavy atom. The van der Waals surface area contributed by atoms with Crippen LogP contribution in [0.15, 0.2) is 53.7 Å². The van der Waals surface area contributed by atoms with E-state index in [1.807, 2.05) is 48.5 Å². The fourth-order valence-electron chi connectivity index (χ4n) is 4.28. The number of carbonyl (C=O) groups excluding carboxylic acids is 2. The molecular formula is C27H34N6O6S. The van der Waals surface area contributed by atoms with Crippen molar-refractivity contribution in [3.63, 3.8) is 0 Å². The van der Waals surface area contributed by atoms with E-state index in [1.54, 1.807) is 17.2 Å². The van der Waals surface area contributed by atoms with Crippen LogP contribution in [0.5, 0.6) is 0 Å². The summed E-state index contributed by atoms with van der Waals surface area (Å²) in [4.78, 5) is 23.4. The number of rotatable bonds is 13. The number of unbranched alkanes of at least 4 members (excludes halogenated alkanes) is 2. The van der Waals surface area contributed by atoms with Crippen LogP contribution in [0.2, 0.25) is 0 Å². The van der Waals surface area contributed by atoms with Gasteiger partial charge in [-0.2, -0.15) is 0 Å². The molecule has 0 radical (unpaired) electrons. The monoisotopic (exact) mass is 570 g/mol. The normalized spacial score (nSPS) is 18.8. The van der Waals surface area contributed by atoms with Crippen molar-refractivity contribution in [2.45, 2.75) is 68.8 Å². The molecule has 13 heteroatoms. The molecule has 4 N–H and O–H groups in total. The third-order valence-electron chi connectivity index (χ3n) is 6.49. The Morgan fingerprint density at radius 2 is 1.70 bits per heavy atom. The smallest absolute Gasteiger partial charge is 0.243 e. The molecule has 2 heterocycles. The molecule has 40 heavy (non-hydrogen) atoms. The zero-order chi connectivity index (χ0) is 28.3. The zero-order valence-electron chi connectivity index (χ0n) is 22.2. The number of nitrogens with zero attached hydrogens (tertiary/aromatic N) is 4. The standard InChI is InChI=1S/C27H34N6O6S/c1-33-27(29-31-32-33)40-17-22-15-23(19-9-7-18(16-34)8-10-19)39-26(38-22)20-11-13-21(14-12-20)28-24(35)5-3-2-4-6-25(36)30-37/h7-14,22-23,26,34,37H,2-6,15-17H2,1H3,(H,28,35)(H,30,36). The summed E-state index contributed by atoms with van der Waals surface area (Å²) in [5.74, 6) is 0.110. The quantitative estimate of drug-likeness (QED) is 0.104. The molecule has 1 aromatic heterocycles. The van der Waals surface area contributed by atoms with Crippen LogP contribution < -0.4 is 10.8 Å². The number of hydrogen-bond donors (Lipinski definition) is 4. The average Bonchev–Trinajstić information content (AvgIpc) is 3.40. The van der Waals surface area contributed by atoms with Gasteiger partial charge in [0.2, 0.25) is 17.0 Å². The summed E-state index contributed by atoms with van der Waals surface area (Å²) < 4.78 is 14.3. The van der Waals surface area contributed by atoms with Crippen LogP contribution in [0.1, 0.15) is 67.6 Å². The van der Waals surface area contributed by atoms with Crippen molar-refractivity contribution < 1.29 is 29.4 Å². The summed E-state index contributed by atoms with van der Waals surface area (Å²) in [5.41, 5.74) is 4.93. The first-order valence-corrected chi connectivity index (χ1v) is 14.1. The van der Waals surface area contributed by atoms with E-state index in [9.17, 15) is 14.7 Å². The molecule has 1 saturated heterocycles. The molecule has 0 saturated carbocycles. The molecule has 2 amide bonds. The number of benzene rings is 2. The van der Waals surface area contributed by atoms with E-state index in [4.69, 9.17) is 14.7 Å². The van der Waals surface area contributed by atoms with Crippen molar-refractivity contribution >= 4 is 29.3 Å². The second-order valence-electron chi connectivity index (χ2n) is 9.51. The maximum absolute atomic E-state index is 12.3. The van der Waals surface area contributed by atoms with Crippen molar-refractivity contribution in [3.05, 3.63) is 65.2 Å². The molecule has 0 aliphatic carbocycles. The van der Waals surface area contributed by atoms with E-state index < -0.39 is 12.2 Å². The van der Waals surface area contributed by atoms with Crippen molar-refractivity contribution in [2.24, 2.45) is 7.05 Å². The molecule has 3 unspecified atom stereocenters. The molecule has 214 valence electrons. The van der Waals surface area contributed by atoms with Gasteiger partial charge in [-0.1, -0.05) is 54.6 Å². The number of nitrogens with one attached hydrogen (secondary N) is 2. The third-order valence-corrected chi connectivity index (χ3v) is 7.64. The fraction of sp³-hybridized carbons (Fsp3) is 0.444. The Labute approximate surface area is 236 Å². The van der Waals surface area contributed by atoms with Gasteiger partial charge in [-0.15, -0.1) is 5.10 Å². The van der Waals surface area contributed by atoms with Crippen LogP contribution in [0.25, 0.3) is 0 Å². The summed E-state index contributed by atoms with van der Waals surface area (Å²) in [6, 6.07) is 15.1. The first-order chi connectivity index (χ1) is 19.4. The third kappa shape index (κ3) is 8.57. The maximum atomic E-state index is 12.3. The number of aromatic nitrogens is 4. The van der Waals surface area contributed by atoms with Gasteiger partial charge in [-0.3, -0.25) is 14.8 Å². The SMILES string of the molecule is Cn1nnnc1SCC1CC(c2ccc(CO)cc2)OC(c2ccc(NC(=O)CCCCCC(=O)NO)cc2)O1. The van der Waals surface area contributed by atoms with Gasteiger partial charge in [-0.05, 0) is 46.5 Å². The lowest BCUT2D eigenvalue weighted by Gasteiger charge is -2.36. The predicted molar refractivity (Wildman–Crippen MR) is 146 cm³/mol. The minimum Gasteiger partial charge on any atom is -0.392 e. The molecular weight excluding hydrogens is 536 g/mol. The Bertz CT molecular complexity index is 1240. The summed E-state index contributed by atoms with van der Waals surface area (Å²) >= 11 is 1.52. The van der Waals surface area contributed by atoms with E-state index in [0.717, 1.165) is 16.7 Å². The van der Waals surface area contributed by atoms with Crippen molar-refractivity contribution in [1.82, 2.24) is 25.7 Å². The number of tetrazole rings is 1. The van der Waals surface area contributed by atoms with E-state index >= 15 is 0 Å². The molecule has 0 spiro atoms. The van der Waals surface area contributed by atoms with E-state index in [-0.39, 0.29) is 31.1 Å². The topological polar surface area (TPSA) is 161 Å². The van der Waals surface area contributed by atoms with Crippen LogP contribution in [0, 0.1) is 0 Å². The van der Waals surface area contributed by atoms with Gasteiger partial charge in [0.1, 0.15) is 0 Å². The first kappa shape index (κ1) is 29.6. The molecule has 1 fully saturated rings. The number of aryl methyl sites for hydroxylation is 1. The maximum Gasteiger partial charge on any atom is 0.243 e. The van der Waals surface area contributed by atoms with Crippen molar-refractivity contribution in [3.8, 4) is 0 Å². The molecule has 3 atom stereocenters. The van der Waals surface area contributed by atoms with Crippen LogP contribution in [0.4, 0.5) is 5.69 Å². The van der Waals surface area contributed by atoms with Gasteiger partial charge < -0.3 is 19.9 Å². The van der Waals surface area contributed by atoms with E-state index in [0.29, 0.717) is 48.7 Å². The Morgan fingerprint density at radius 1 is 1.00 bits per heavy atom. The minimum absolute atomic E-state index is 0.0191. The van der Waals surface area contributed by atoms with E-state index in [1.165, 1.54) is 11.8 Å². The molecule has 1 aliphatic rings. The second kappa shape index (κ2) is 14.9. The lowest BCUT2D eigenvalue weighted by Crippen LogP contribution is -2.31. The number of aliphatic hydroxyl groups excluding tert-OH is 1. The second-order valence-corrected chi connectivity index (χ2v) is 10.5. The fourth-order valence-corrected chi connectivity index (χ4v) is 5.15. The molecule has 1 aliphatic heterocycles. The van der Waals surface area contributed by atoms with Crippen molar-refractivity contribution in [2.75, 3.05) is 11.1 Å². The highest BCUT2D eigenvalue weighted by Crippen LogP contribution is 2.39. The lowest BCUT2D eigenvalue weighted by atomic mass is 10.0. The van der Waals surface area contributed by atoms with Crippen LogP contribution in [-0.4, -0.2) is 54.2 Å². The first-order valence-electron chi connectivity index (χ1n) is 13.1. The summed E-state index contributed by atoms with van der Waals surface area (Å²) in [5, 5.41) is 33.1. The highest BCUT2D eigenvalue weighted by molar-refractivity contribution is 7.99. The number of carbonyl (C=O) groups is 2. The van der Waals surface area contributed by atoms with Crippen molar-refractivity contribution in [1.29, 1.82) is 0 Å². The Hall–Kier alpha value is -3.36. The molecule has 3 aromatic rings. The Balaban J connectivity index is 1.36. The number of aliphatic hydroxyl groups is 1. The highest BCUT2D eigenvalue weighted by atomic mass is 32.2. The zero-order valence-corrected chi connectivity index (χ0v) is 23.0. The highest BCUT2D eigenvalue weighted by Gasteiger charge is 2.32. The molecule has 0 bridgehead atoms. The van der Waals surface area contributed by atoms with E-state index in [2.05, 4.69) is 20.8 Å². The number of anilines is 1. The Kier molecular flexibility index (Phi) is 11.0. The number of amides is 2. The summed E-state index contributed by atoms with van der Waals surface area (Å²) in [7, 11) is 1.79. The molecule has 12 nitrogen and oxygen atoms in total. The van der Waals surface area contributed by atoms with Crippen LogP contribution >= 0.6 is 11.8 Å². The summed E-state index contributed by atoms with van der Waals surface area (Å²) in [6.07, 6.45) is 2.24. The number of hydrogen-bond acceptors (Lipinski definition) is 10. The molecule has 4 rings (SSSR count). The van der Waals surface area contributed by atoms with Gasteiger partial charge in [0.15, 0.2) is 6.29 Å². The number of ether oxygens (including phenoxy) is 2. The van der Waals surface area contributed by atoms with Gasteiger partial charge >= 0.3 is 0 Å². The number of hydroxylamine groups is 1. The van der Waals surface area contributed by atoms with Gasteiger partial charge in [0, 0.05) is 43.3 Å². The van der Waals surface area contributed by atoms with Gasteiger partial charge in [0.05, 0.1) is 18.8 Å². The van der Waals surface area contributed by atoms with Gasteiger partial charge in [0.25, 0.3) is 0 Å². The van der Waals surface area contributed by atoms with Gasteiger partial charge in [-0.25, -0.2) is 10.2 Å². The number of thioether (sulfide) groups is 1. The predicted octanol–water partition coefficient (Wildman–Crippen LogP) is 3.43. The average molecular weight is 571 g/mol. The lowest BCUT2D eigenvalue weighted by molar-refractivity contribution is -0.245. The molecule has 2 aromatic carbocycles. The van der Waals surface area contributed by atoms with Crippen LogP contribution in [-0.2, 0) is 32.7 Å².